The predicted octanol–water partition coefficient (Wildman–Crippen LogP) is 1.52. The van der Waals surface area contributed by atoms with Crippen LogP contribution in [-0.2, 0) is 0 Å². The van der Waals surface area contributed by atoms with Gasteiger partial charge in [-0.2, -0.15) is 0 Å². The van der Waals surface area contributed by atoms with Crippen LogP contribution < -0.4 is 0 Å². The molecular formula is C13H30N2O. The van der Waals surface area contributed by atoms with Gasteiger partial charge in [0, 0.05) is 33.3 Å². The molecule has 0 bridgehead atoms. The van der Waals surface area contributed by atoms with Gasteiger partial charge in [0.1, 0.15) is 0 Å². The van der Waals surface area contributed by atoms with Crippen LogP contribution in [0.5, 0.6) is 0 Å². The number of rotatable bonds is 1. The van der Waals surface area contributed by atoms with Crippen molar-refractivity contribution >= 4 is 0 Å². The zero-order valence-electron chi connectivity index (χ0n) is 12.0. The summed E-state index contributed by atoms with van der Waals surface area (Å²) in [5, 5.41) is 7.00. The van der Waals surface area contributed by atoms with E-state index >= 15 is 0 Å². The summed E-state index contributed by atoms with van der Waals surface area (Å²) in [6.07, 6.45) is 0. The van der Waals surface area contributed by atoms with E-state index in [-0.39, 0.29) is 0 Å². The number of hydrogen-bond acceptors (Lipinski definition) is 3. The van der Waals surface area contributed by atoms with Crippen molar-refractivity contribution in [1.82, 2.24) is 9.80 Å². The predicted molar refractivity (Wildman–Crippen MR) is 70.7 cm³/mol. The Kier molecular flexibility index (Phi) is 7.20. The lowest BCUT2D eigenvalue weighted by Crippen LogP contribution is -2.30. The third-order valence-corrected chi connectivity index (χ3v) is 3.66. The van der Waals surface area contributed by atoms with Crippen LogP contribution in [0.3, 0.4) is 0 Å². The van der Waals surface area contributed by atoms with Gasteiger partial charge >= 0.3 is 0 Å². The molecule has 2 atom stereocenters. The van der Waals surface area contributed by atoms with Crippen LogP contribution in [0, 0.1) is 11.3 Å². The van der Waals surface area contributed by atoms with Crippen molar-refractivity contribution in [2.45, 2.75) is 27.7 Å². The Morgan fingerprint density at radius 1 is 1.19 bits per heavy atom. The third kappa shape index (κ3) is 3.44. The number of hydrogen-bond donors (Lipinski definition) is 1. The fourth-order valence-electron chi connectivity index (χ4n) is 2.99. The standard InChI is InChI=1S/C10H20N2.C2H6.CH4O/c1-4-12-6-9-5-11(3)7-10(9,2)8-12;2*1-2/h9H,4-8H2,1-3H3;1-2H3;2H,1H3. The van der Waals surface area contributed by atoms with E-state index in [1.54, 1.807) is 0 Å². The molecular weight excluding hydrogens is 200 g/mol. The van der Waals surface area contributed by atoms with Gasteiger partial charge in [0.15, 0.2) is 0 Å². The molecule has 0 spiro atoms. The topological polar surface area (TPSA) is 26.7 Å². The van der Waals surface area contributed by atoms with Gasteiger partial charge in [-0.05, 0) is 24.9 Å². The molecule has 2 aliphatic rings. The lowest BCUT2D eigenvalue weighted by molar-refractivity contribution is 0.251. The van der Waals surface area contributed by atoms with Gasteiger partial charge in [0.25, 0.3) is 0 Å². The SMILES string of the molecule is CC.CCN1CC2CN(C)CC2(C)C1.CO. The van der Waals surface area contributed by atoms with Crippen LogP contribution in [-0.4, -0.2) is 61.8 Å². The smallest absolute Gasteiger partial charge is 0.0319 e. The molecule has 0 aromatic heterocycles. The molecule has 0 radical (unpaired) electrons. The van der Waals surface area contributed by atoms with Crippen molar-refractivity contribution in [2.75, 3.05) is 46.9 Å². The Balaban J connectivity index is 0.000000509. The largest absolute Gasteiger partial charge is 0.400 e. The van der Waals surface area contributed by atoms with Gasteiger partial charge in [-0.3, -0.25) is 0 Å². The lowest BCUT2D eigenvalue weighted by Gasteiger charge is -2.23. The Morgan fingerprint density at radius 2 is 1.75 bits per heavy atom. The average molecular weight is 230 g/mol. The van der Waals surface area contributed by atoms with Crippen molar-refractivity contribution in [1.29, 1.82) is 0 Å². The first-order valence-electron chi connectivity index (χ1n) is 6.49. The molecule has 0 aromatic rings. The van der Waals surface area contributed by atoms with Gasteiger partial charge in [0.2, 0.25) is 0 Å². The third-order valence-electron chi connectivity index (χ3n) is 3.66. The van der Waals surface area contributed by atoms with Crippen molar-refractivity contribution in [2.24, 2.45) is 11.3 Å². The van der Waals surface area contributed by atoms with Crippen LogP contribution >= 0.6 is 0 Å². The first-order valence-corrected chi connectivity index (χ1v) is 6.49. The van der Waals surface area contributed by atoms with Crippen molar-refractivity contribution in [3.8, 4) is 0 Å². The summed E-state index contributed by atoms with van der Waals surface area (Å²) in [6.45, 7) is 15.2. The molecule has 2 rings (SSSR count). The zero-order chi connectivity index (χ0) is 12.8. The molecule has 3 nitrogen and oxygen atoms in total. The van der Waals surface area contributed by atoms with Crippen molar-refractivity contribution in [3.05, 3.63) is 0 Å². The Bertz CT molecular complexity index is 187. The molecule has 0 aliphatic carbocycles. The fraction of sp³-hybridized carbons (Fsp3) is 1.00. The second-order valence-corrected chi connectivity index (χ2v) is 4.88. The molecule has 98 valence electrons. The molecule has 0 aromatic carbocycles. The first-order chi connectivity index (χ1) is 7.64. The van der Waals surface area contributed by atoms with Crippen molar-refractivity contribution in [3.63, 3.8) is 0 Å². The maximum absolute atomic E-state index is 7.00. The second-order valence-electron chi connectivity index (χ2n) is 4.88. The lowest BCUT2D eigenvalue weighted by atomic mass is 9.83. The van der Waals surface area contributed by atoms with Crippen LogP contribution in [0.15, 0.2) is 0 Å². The fourth-order valence-corrected chi connectivity index (χ4v) is 2.99. The molecule has 2 aliphatic heterocycles. The van der Waals surface area contributed by atoms with E-state index in [2.05, 4.69) is 30.7 Å². The summed E-state index contributed by atoms with van der Waals surface area (Å²) >= 11 is 0. The molecule has 2 fully saturated rings. The van der Waals surface area contributed by atoms with E-state index in [0.29, 0.717) is 5.41 Å². The van der Waals surface area contributed by atoms with E-state index in [0.717, 1.165) is 13.0 Å². The van der Waals surface area contributed by atoms with E-state index in [4.69, 9.17) is 5.11 Å². The van der Waals surface area contributed by atoms with Crippen LogP contribution in [0.1, 0.15) is 27.7 Å². The summed E-state index contributed by atoms with van der Waals surface area (Å²) in [4.78, 5) is 5.08. The summed E-state index contributed by atoms with van der Waals surface area (Å²) in [5.41, 5.74) is 0.602. The summed E-state index contributed by atoms with van der Waals surface area (Å²) < 4.78 is 0. The number of fused-ring (bicyclic) bond motifs is 1. The van der Waals surface area contributed by atoms with Crippen LogP contribution in [0.25, 0.3) is 0 Å². The monoisotopic (exact) mass is 230 g/mol. The average Bonchev–Trinajstić information content (AvgIpc) is 2.73. The zero-order valence-corrected chi connectivity index (χ0v) is 12.0. The van der Waals surface area contributed by atoms with Gasteiger partial charge in [0.05, 0.1) is 0 Å². The highest BCUT2D eigenvalue weighted by Crippen LogP contribution is 2.40. The number of aliphatic hydroxyl groups excluding tert-OH is 1. The van der Waals surface area contributed by atoms with E-state index in [1.807, 2.05) is 13.8 Å². The number of nitrogens with zero attached hydrogens (tertiary/aromatic N) is 2. The van der Waals surface area contributed by atoms with E-state index < -0.39 is 0 Å². The normalized spacial score (nSPS) is 33.6. The quantitative estimate of drug-likeness (QED) is 0.740. The second kappa shape index (κ2) is 7.25. The minimum atomic E-state index is 0.602. The Hall–Kier alpha value is -0.120. The number of likely N-dealkylation sites (tertiary alicyclic amines) is 2. The molecule has 2 heterocycles. The van der Waals surface area contributed by atoms with E-state index in [1.165, 1.54) is 32.7 Å². The number of aliphatic hydroxyl groups is 1. The van der Waals surface area contributed by atoms with Gasteiger partial charge in [-0.25, -0.2) is 0 Å². The summed E-state index contributed by atoms with van der Waals surface area (Å²) in [7, 11) is 3.25. The maximum atomic E-state index is 7.00. The summed E-state index contributed by atoms with van der Waals surface area (Å²) in [6, 6.07) is 0. The van der Waals surface area contributed by atoms with E-state index in [9.17, 15) is 0 Å². The Morgan fingerprint density at radius 3 is 2.19 bits per heavy atom. The highest BCUT2D eigenvalue weighted by Gasteiger charge is 2.47. The minimum Gasteiger partial charge on any atom is -0.400 e. The van der Waals surface area contributed by atoms with Crippen LogP contribution in [0.4, 0.5) is 0 Å². The van der Waals surface area contributed by atoms with Gasteiger partial charge in [-0.1, -0.05) is 27.7 Å². The summed E-state index contributed by atoms with van der Waals surface area (Å²) in [5.74, 6) is 0.933. The first kappa shape index (κ1) is 15.9. The van der Waals surface area contributed by atoms with Crippen LogP contribution in [0.2, 0.25) is 0 Å². The Labute approximate surface area is 101 Å². The van der Waals surface area contributed by atoms with Crippen molar-refractivity contribution < 1.29 is 5.11 Å². The van der Waals surface area contributed by atoms with Gasteiger partial charge < -0.3 is 14.9 Å². The molecule has 0 saturated carbocycles. The molecule has 2 saturated heterocycles. The van der Waals surface area contributed by atoms with Gasteiger partial charge in [-0.15, -0.1) is 0 Å². The highest BCUT2D eigenvalue weighted by molar-refractivity contribution is 5.00. The molecule has 3 heteroatoms. The molecule has 0 amide bonds. The molecule has 16 heavy (non-hydrogen) atoms. The molecule has 1 N–H and O–H groups in total. The highest BCUT2D eigenvalue weighted by atomic mass is 16.2. The minimum absolute atomic E-state index is 0.602. The maximum Gasteiger partial charge on any atom is 0.0319 e. The molecule has 2 unspecified atom stereocenters.